The molecule has 114 valence electrons. The Bertz CT molecular complexity index is 572. The summed E-state index contributed by atoms with van der Waals surface area (Å²) in [6.45, 7) is 8.32. The molecule has 2 aromatic rings. The van der Waals surface area contributed by atoms with Crippen molar-refractivity contribution in [2.45, 2.75) is 50.3 Å². The molecule has 2 atom stereocenters. The Hall–Kier alpha value is -1.33. The molecule has 0 bridgehead atoms. The van der Waals surface area contributed by atoms with E-state index in [4.69, 9.17) is 10.3 Å². The second-order valence-corrected chi connectivity index (χ2v) is 6.83. The highest BCUT2D eigenvalue weighted by Crippen LogP contribution is 2.27. The predicted octanol–water partition coefficient (Wildman–Crippen LogP) is 3.76. The molecule has 0 amide bonds. The lowest BCUT2D eigenvalue weighted by molar-refractivity contribution is 0.299. The topological polar surface area (TPSA) is 64.9 Å². The number of nitrogens with zero attached hydrogens (tertiary/aromatic N) is 2. The lowest BCUT2D eigenvalue weighted by Crippen LogP contribution is -2.28. The van der Waals surface area contributed by atoms with Gasteiger partial charge in [0.2, 0.25) is 5.89 Å². The number of aryl methyl sites for hydroxylation is 1. The second-order valence-electron chi connectivity index (χ2n) is 5.78. The minimum atomic E-state index is 0.00252. The predicted molar refractivity (Wildman–Crippen MR) is 86.3 cm³/mol. The van der Waals surface area contributed by atoms with Crippen molar-refractivity contribution in [1.82, 2.24) is 10.1 Å². The van der Waals surface area contributed by atoms with E-state index < -0.39 is 0 Å². The van der Waals surface area contributed by atoms with Crippen molar-refractivity contribution in [2.75, 3.05) is 0 Å². The van der Waals surface area contributed by atoms with Crippen molar-refractivity contribution in [3.05, 3.63) is 41.5 Å². The summed E-state index contributed by atoms with van der Waals surface area (Å²) in [4.78, 5) is 5.73. The quantitative estimate of drug-likeness (QED) is 0.823. The van der Waals surface area contributed by atoms with Gasteiger partial charge in [-0.05, 0) is 31.9 Å². The molecule has 0 aliphatic heterocycles. The van der Waals surface area contributed by atoms with Gasteiger partial charge in [0, 0.05) is 10.9 Å². The Morgan fingerprint density at radius 1 is 1.29 bits per heavy atom. The van der Waals surface area contributed by atoms with Crippen LogP contribution in [0.2, 0.25) is 0 Å². The molecule has 5 heteroatoms. The summed E-state index contributed by atoms with van der Waals surface area (Å²) in [5.74, 6) is 2.57. The fourth-order valence-corrected chi connectivity index (χ4v) is 3.29. The normalized spacial score (nSPS) is 14.4. The summed E-state index contributed by atoms with van der Waals surface area (Å²) >= 11 is 1.71. The Labute approximate surface area is 130 Å². The lowest BCUT2D eigenvalue weighted by atomic mass is 9.90. The van der Waals surface area contributed by atoms with Gasteiger partial charge < -0.3 is 10.3 Å². The molecule has 0 radical (unpaired) electrons. The van der Waals surface area contributed by atoms with Crippen LogP contribution >= 0.6 is 11.8 Å². The number of thioether (sulfide) groups is 1. The fraction of sp³-hybridized carbons (Fsp3) is 0.500. The van der Waals surface area contributed by atoms with Crippen LogP contribution in [0.15, 0.2) is 33.7 Å². The lowest BCUT2D eigenvalue weighted by Gasteiger charge is -2.20. The molecule has 2 rings (SSSR count). The van der Waals surface area contributed by atoms with E-state index >= 15 is 0 Å². The van der Waals surface area contributed by atoms with Gasteiger partial charge >= 0.3 is 0 Å². The summed E-state index contributed by atoms with van der Waals surface area (Å²) in [6, 6.07) is 8.40. The van der Waals surface area contributed by atoms with E-state index in [1.54, 1.807) is 11.8 Å². The number of hydrogen-bond acceptors (Lipinski definition) is 5. The highest BCUT2D eigenvalue weighted by Gasteiger charge is 2.26. The van der Waals surface area contributed by atoms with E-state index in [1.807, 2.05) is 6.92 Å². The molecule has 0 spiro atoms. The minimum absolute atomic E-state index is 0.00252. The third kappa shape index (κ3) is 4.32. The van der Waals surface area contributed by atoms with Crippen LogP contribution in [0, 0.1) is 12.8 Å². The minimum Gasteiger partial charge on any atom is -0.339 e. The molecular weight excluding hydrogens is 282 g/mol. The first-order chi connectivity index (χ1) is 9.97. The first-order valence-electron chi connectivity index (χ1n) is 7.25. The molecule has 0 fully saturated rings. The molecule has 1 aromatic carbocycles. The van der Waals surface area contributed by atoms with Crippen molar-refractivity contribution < 1.29 is 4.52 Å². The molecule has 2 unspecified atom stereocenters. The maximum atomic E-state index is 6.03. The van der Waals surface area contributed by atoms with Gasteiger partial charge in [-0.25, -0.2) is 0 Å². The summed E-state index contributed by atoms with van der Waals surface area (Å²) in [5.41, 5.74) is 7.28. The zero-order chi connectivity index (χ0) is 15.4. The average molecular weight is 305 g/mol. The first kappa shape index (κ1) is 16.0. The third-order valence-electron chi connectivity index (χ3n) is 3.41. The molecule has 1 aromatic heterocycles. The number of rotatable bonds is 6. The van der Waals surface area contributed by atoms with E-state index in [0.717, 1.165) is 5.82 Å². The zero-order valence-corrected chi connectivity index (χ0v) is 13.9. The van der Waals surface area contributed by atoms with E-state index in [1.165, 1.54) is 10.5 Å². The monoisotopic (exact) mass is 305 g/mol. The van der Waals surface area contributed by atoms with Gasteiger partial charge in [0.15, 0.2) is 5.82 Å². The Kier molecular flexibility index (Phi) is 5.42. The SMILES string of the molecule is Cc1cccc(SCc2noc(C(C(C)C)C(C)N)n2)c1. The van der Waals surface area contributed by atoms with Crippen molar-refractivity contribution >= 4 is 11.8 Å². The number of hydrogen-bond donors (Lipinski definition) is 1. The maximum absolute atomic E-state index is 6.03. The number of aromatic nitrogens is 2. The molecule has 0 aliphatic rings. The van der Waals surface area contributed by atoms with Crippen LogP contribution in [0.5, 0.6) is 0 Å². The van der Waals surface area contributed by atoms with Crippen LogP contribution in [-0.4, -0.2) is 16.2 Å². The summed E-state index contributed by atoms with van der Waals surface area (Å²) in [7, 11) is 0. The van der Waals surface area contributed by atoms with Crippen molar-refractivity contribution in [2.24, 2.45) is 11.7 Å². The maximum Gasteiger partial charge on any atom is 0.231 e. The Morgan fingerprint density at radius 3 is 2.67 bits per heavy atom. The second kappa shape index (κ2) is 7.09. The highest BCUT2D eigenvalue weighted by molar-refractivity contribution is 7.98. The van der Waals surface area contributed by atoms with Crippen LogP contribution in [0.4, 0.5) is 0 Å². The molecular formula is C16H23N3OS. The van der Waals surface area contributed by atoms with Gasteiger partial charge in [-0.15, -0.1) is 11.8 Å². The first-order valence-corrected chi connectivity index (χ1v) is 8.23. The van der Waals surface area contributed by atoms with Gasteiger partial charge in [0.1, 0.15) is 0 Å². The zero-order valence-electron chi connectivity index (χ0n) is 13.0. The summed E-state index contributed by atoms with van der Waals surface area (Å²) in [5, 5.41) is 4.08. The Morgan fingerprint density at radius 2 is 2.05 bits per heavy atom. The molecule has 0 saturated carbocycles. The summed E-state index contributed by atoms with van der Waals surface area (Å²) in [6.07, 6.45) is 0. The summed E-state index contributed by atoms with van der Waals surface area (Å²) < 4.78 is 5.41. The van der Waals surface area contributed by atoms with E-state index in [0.29, 0.717) is 17.6 Å². The average Bonchev–Trinajstić information content (AvgIpc) is 2.84. The van der Waals surface area contributed by atoms with Gasteiger partial charge in [0.05, 0.1) is 11.7 Å². The molecule has 4 nitrogen and oxygen atoms in total. The van der Waals surface area contributed by atoms with Gasteiger partial charge in [-0.1, -0.05) is 36.7 Å². The van der Waals surface area contributed by atoms with Crippen LogP contribution in [-0.2, 0) is 5.75 Å². The van der Waals surface area contributed by atoms with Gasteiger partial charge in [0.25, 0.3) is 0 Å². The van der Waals surface area contributed by atoms with Crippen molar-refractivity contribution in [1.29, 1.82) is 0 Å². The van der Waals surface area contributed by atoms with Gasteiger partial charge in [-0.3, -0.25) is 0 Å². The molecule has 0 aliphatic carbocycles. The van der Waals surface area contributed by atoms with Crippen molar-refractivity contribution in [3.63, 3.8) is 0 Å². The van der Waals surface area contributed by atoms with E-state index in [-0.39, 0.29) is 12.0 Å². The fourth-order valence-electron chi connectivity index (χ4n) is 2.43. The van der Waals surface area contributed by atoms with Crippen LogP contribution < -0.4 is 5.73 Å². The van der Waals surface area contributed by atoms with Crippen molar-refractivity contribution in [3.8, 4) is 0 Å². The third-order valence-corrected chi connectivity index (χ3v) is 4.40. The smallest absolute Gasteiger partial charge is 0.231 e. The molecule has 2 N–H and O–H groups in total. The highest BCUT2D eigenvalue weighted by atomic mass is 32.2. The largest absolute Gasteiger partial charge is 0.339 e. The Balaban J connectivity index is 2.03. The molecule has 0 saturated heterocycles. The van der Waals surface area contributed by atoms with Crippen LogP contribution in [0.1, 0.15) is 44.0 Å². The van der Waals surface area contributed by atoms with Gasteiger partial charge in [-0.2, -0.15) is 4.98 Å². The van der Waals surface area contributed by atoms with E-state index in [9.17, 15) is 0 Å². The van der Waals surface area contributed by atoms with Crippen LogP contribution in [0.25, 0.3) is 0 Å². The van der Waals surface area contributed by atoms with Crippen LogP contribution in [0.3, 0.4) is 0 Å². The number of benzene rings is 1. The van der Waals surface area contributed by atoms with E-state index in [2.05, 4.69) is 55.2 Å². The number of nitrogens with two attached hydrogens (primary N) is 1. The molecule has 21 heavy (non-hydrogen) atoms. The molecule has 1 heterocycles. The standard InChI is InChI=1S/C16H23N3OS/c1-10(2)15(12(4)17)16-18-14(19-20-16)9-21-13-7-5-6-11(3)8-13/h5-8,10,12,15H,9,17H2,1-4H3.